The minimum atomic E-state index is -3.92. The average molecular weight is 388 g/mol. The highest BCUT2D eigenvalue weighted by Gasteiger charge is 2.35. The van der Waals surface area contributed by atoms with Crippen molar-refractivity contribution in [2.75, 3.05) is 24.1 Å². The molecule has 2 aromatic rings. The van der Waals surface area contributed by atoms with E-state index in [2.05, 4.69) is 9.46 Å². The van der Waals surface area contributed by atoms with Crippen LogP contribution in [0.15, 0.2) is 48.5 Å². The van der Waals surface area contributed by atoms with E-state index in [9.17, 15) is 22.8 Å². The Morgan fingerprint density at radius 3 is 2.15 bits per heavy atom. The number of nitrogens with zero attached hydrogens (tertiary/aromatic N) is 1. The quantitative estimate of drug-likeness (QED) is 0.593. The highest BCUT2D eigenvalue weighted by molar-refractivity contribution is 7.92. The van der Waals surface area contributed by atoms with Crippen molar-refractivity contribution in [3.8, 4) is 0 Å². The number of rotatable bonds is 6. The Morgan fingerprint density at radius 2 is 1.56 bits per heavy atom. The number of carbonyl (C=O) groups excluding carboxylic acids is 3. The summed E-state index contributed by atoms with van der Waals surface area (Å²) in [7, 11) is -2.73. The van der Waals surface area contributed by atoms with Gasteiger partial charge in [0.1, 0.15) is 0 Å². The van der Waals surface area contributed by atoms with Crippen LogP contribution in [0.5, 0.6) is 0 Å². The Balaban J connectivity index is 1.73. The van der Waals surface area contributed by atoms with Crippen LogP contribution in [0.1, 0.15) is 31.1 Å². The third kappa shape index (κ3) is 3.68. The fourth-order valence-electron chi connectivity index (χ4n) is 2.73. The van der Waals surface area contributed by atoms with Crippen LogP contribution < -0.4 is 4.72 Å². The van der Waals surface area contributed by atoms with E-state index in [-0.39, 0.29) is 28.9 Å². The van der Waals surface area contributed by atoms with Crippen LogP contribution >= 0.6 is 0 Å². The van der Waals surface area contributed by atoms with Crippen molar-refractivity contribution in [1.82, 2.24) is 4.90 Å². The number of esters is 1. The van der Waals surface area contributed by atoms with Crippen LogP contribution in [0, 0.1) is 0 Å². The zero-order valence-corrected chi connectivity index (χ0v) is 15.2. The molecular formula is C18H16N2O6S. The van der Waals surface area contributed by atoms with E-state index in [1.807, 2.05) is 0 Å². The minimum Gasteiger partial charge on any atom is -0.465 e. The Hall–Kier alpha value is -3.20. The lowest BCUT2D eigenvalue weighted by Crippen LogP contribution is -2.35. The van der Waals surface area contributed by atoms with Crippen molar-refractivity contribution in [3.05, 3.63) is 65.2 Å². The molecule has 0 spiro atoms. The molecule has 0 saturated carbocycles. The maximum absolute atomic E-state index is 12.4. The summed E-state index contributed by atoms with van der Waals surface area (Å²) in [6, 6.07) is 12.3. The molecular weight excluding hydrogens is 372 g/mol. The van der Waals surface area contributed by atoms with E-state index < -0.39 is 33.6 Å². The van der Waals surface area contributed by atoms with Crippen LogP contribution in [-0.2, 0) is 14.8 Å². The predicted molar refractivity (Wildman–Crippen MR) is 97.0 cm³/mol. The number of imide groups is 1. The van der Waals surface area contributed by atoms with Gasteiger partial charge in [0.2, 0.25) is 10.0 Å². The summed E-state index contributed by atoms with van der Waals surface area (Å²) in [5.41, 5.74) is 0.629. The summed E-state index contributed by atoms with van der Waals surface area (Å²) < 4.78 is 31.7. The molecule has 9 heteroatoms. The molecule has 1 aliphatic rings. The molecule has 1 aliphatic heterocycles. The van der Waals surface area contributed by atoms with Crippen molar-refractivity contribution >= 4 is 33.5 Å². The summed E-state index contributed by atoms with van der Waals surface area (Å²) in [6.45, 7) is -0.304. The van der Waals surface area contributed by atoms with Crippen LogP contribution in [0.2, 0.25) is 0 Å². The number of para-hydroxylation sites is 1. The topological polar surface area (TPSA) is 110 Å². The molecule has 2 amide bonds. The fraction of sp³-hybridized carbons (Fsp3) is 0.167. The molecule has 0 bridgehead atoms. The lowest BCUT2D eigenvalue weighted by Gasteiger charge is -2.15. The predicted octanol–water partition coefficient (Wildman–Crippen LogP) is 1.51. The van der Waals surface area contributed by atoms with Gasteiger partial charge in [-0.25, -0.2) is 13.2 Å². The van der Waals surface area contributed by atoms with Crippen LogP contribution in [0.4, 0.5) is 5.69 Å². The second-order valence-electron chi connectivity index (χ2n) is 5.77. The number of benzene rings is 2. The van der Waals surface area contributed by atoms with Gasteiger partial charge in [-0.1, -0.05) is 24.3 Å². The molecule has 140 valence electrons. The average Bonchev–Trinajstić information content (AvgIpc) is 2.90. The zero-order valence-electron chi connectivity index (χ0n) is 14.3. The highest BCUT2D eigenvalue weighted by atomic mass is 32.2. The lowest BCUT2D eigenvalue weighted by molar-refractivity contribution is 0.0600. The minimum absolute atomic E-state index is 0.0595. The molecule has 27 heavy (non-hydrogen) atoms. The molecule has 1 heterocycles. The third-order valence-electron chi connectivity index (χ3n) is 4.06. The molecule has 0 aromatic heterocycles. The number of sulfonamides is 1. The SMILES string of the molecule is COC(=O)c1ccccc1NS(=O)(=O)CCN1C(=O)c2ccccc2C1=O. The van der Waals surface area contributed by atoms with Gasteiger partial charge in [0.15, 0.2) is 0 Å². The first-order chi connectivity index (χ1) is 12.8. The number of nitrogens with one attached hydrogen (secondary N) is 1. The third-order valence-corrected chi connectivity index (χ3v) is 5.31. The van der Waals surface area contributed by atoms with Crippen molar-refractivity contribution < 1.29 is 27.5 Å². The van der Waals surface area contributed by atoms with E-state index in [4.69, 9.17) is 0 Å². The summed E-state index contributed by atoms with van der Waals surface area (Å²) >= 11 is 0. The first-order valence-corrected chi connectivity index (χ1v) is 9.62. The van der Waals surface area contributed by atoms with E-state index in [1.165, 1.54) is 31.4 Å². The second kappa shape index (κ2) is 7.20. The number of fused-ring (bicyclic) bond motifs is 1. The van der Waals surface area contributed by atoms with Gasteiger partial charge in [0, 0.05) is 6.54 Å². The van der Waals surface area contributed by atoms with Gasteiger partial charge >= 0.3 is 5.97 Å². The van der Waals surface area contributed by atoms with Gasteiger partial charge in [0.05, 0.1) is 35.2 Å². The van der Waals surface area contributed by atoms with Gasteiger partial charge in [-0.3, -0.25) is 19.2 Å². The zero-order chi connectivity index (χ0) is 19.6. The molecule has 0 radical (unpaired) electrons. The number of carbonyl (C=O) groups is 3. The molecule has 2 aromatic carbocycles. The Morgan fingerprint density at radius 1 is 1.00 bits per heavy atom. The van der Waals surface area contributed by atoms with Gasteiger partial charge in [0.25, 0.3) is 11.8 Å². The first kappa shape index (κ1) is 18.6. The molecule has 0 fully saturated rings. The highest BCUT2D eigenvalue weighted by Crippen LogP contribution is 2.23. The number of methoxy groups -OCH3 is 1. The monoisotopic (exact) mass is 388 g/mol. The number of hydrogen-bond acceptors (Lipinski definition) is 6. The summed E-state index contributed by atoms with van der Waals surface area (Å²) in [5.74, 6) is -2.25. The van der Waals surface area contributed by atoms with Gasteiger partial charge in [-0.15, -0.1) is 0 Å². The lowest BCUT2D eigenvalue weighted by atomic mass is 10.1. The van der Waals surface area contributed by atoms with Gasteiger partial charge < -0.3 is 4.74 Å². The fourth-order valence-corrected chi connectivity index (χ4v) is 3.77. The summed E-state index contributed by atoms with van der Waals surface area (Å²) in [4.78, 5) is 37.2. The second-order valence-corrected chi connectivity index (χ2v) is 7.61. The molecule has 3 rings (SSSR count). The number of hydrogen-bond donors (Lipinski definition) is 1. The summed E-state index contributed by atoms with van der Waals surface area (Å²) in [5, 5.41) is 0. The molecule has 0 saturated heterocycles. The Bertz CT molecular complexity index is 997. The molecule has 8 nitrogen and oxygen atoms in total. The van der Waals surface area contributed by atoms with Crippen LogP contribution in [-0.4, -0.2) is 50.5 Å². The molecule has 0 unspecified atom stereocenters. The van der Waals surface area contributed by atoms with Crippen molar-refractivity contribution in [2.24, 2.45) is 0 Å². The van der Waals surface area contributed by atoms with Crippen LogP contribution in [0.3, 0.4) is 0 Å². The van der Waals surface area contributed by atoms with E-state index >= 15 is 0 Å². The van der Waals surface area contributed by atoms with Gasteiger partial charge in [-0.2, -0.15) is 0 Å². The van der Waals surface area contributed by atoms with Crippen molar-refractivity contribution in [1.29, 1.82) is 0 Å². The standard InChI is InChI=1S/C18H16N2O6S/c1-26-18(23)14-8-4-5-9-15(14)19-27(24,25)11-10-20-16(21)12-6-2-3-7-13(12)17(20)22/h2-9,19H,10-11H2,1H3. The maximum atomic E-state index is 12.4. The smallest absolute Gasteiger partial charge is 0.339 e. The number of amides is 2. The number of anilines is 1. The first-order valence-electron chi connectivity index (χ1n) is 7.97. The Kier molecular flexibility index (Phi) is 4.95. The van der Waals surface area contributed by atoms with Crippen molar-refractivity contribution in [3.63, 3.8) is 0 Å². The summed E-state index contributed by atoms with van der Waals surface area (Å²) in [6.07, 6.45) is 0. The maximum Gasteiger partial charge on any atom is 0.339 e. The normalized spacial score (nSPS) is 13.4. The van der Waals surface area contributed by atoms with E-state index in [0.29, 0.717) is 0 Å². The van der Waals surface area contributed by atoms with E-state index in [1.54, 1.807) is 24.3 Å². The number of ether oxygens (including phenoxy) is 1. The van der Waals surface area contributed by atoms with Crippen LogP contribution in [0.25, 0.3) is 0 Å². The molecule has 0 aliphatic carbocycles. The van der Waals surface area contributed by atoms with E-state index in [0.717, 1.165) is 4.90 Å². The van der Waals surface area contributed by atoms with Crippen molar-refractivity contribution in [2.45, 2.75) is 0 Å². The largest absolute Gasteiger partial charge is 0.465 e. The van der Waals surface area contributed by atoms with Gasteiger partial charge in [-0.05, 0) is 24.3 Å². The molecule has 1 N–H and O–H groups in total. The Labute approximate surface area is 155 Å². The molecule has 0 atom stereocenters.